The predicted molar refractivity (Wildman–Crippen MR) is 99.4 cm³/mol. The molecule has 0 spiro atoms. The van der Waals surface area contributed by atoms with Crippen LogP contribution in [-0.2, 0) is 22.6 Å². The fourth-order valence-electron chi connectivity index (χ4n) is 2.80. The van der Waals surface area contributed by atoms with Crippen LogP contribution in [-0.4, -0.2) is 55.3 Å². The molecule has 0 aliphatic carbocycles. The smallest absolute Gasteiger partial charge is 0.261 e. The van der Waals surface area contributed by atoms with E-state index in [1.165, 1.54) is 0 Å². The molecular formula is C18H23N3O4S. The number of likely N-dealkylation sites (N-methyl/N-ethyl adjacent to an activating group) is 1. The Morgan fingerprint density at radius 2 is 2.27 bits per heavy atom. The summed E-state index contributed by atoms with van der Waals surface area (Å²) in [6, 6.07) is 5.29. The van der Waals surface area contributed by atoms with E-state index in [1.54, 1.807) is 23.5 Å². The molecule has 1 fully saturated rings. The summed E-state index contributed by atoms with van der Waals surface area (Å²) >= 11 is 1.57. The number of pyridine rings is 1. The van der Waals surface area contributed by atoms with Crippen LogP contribution < -0.4 is 10.9 Å². The van der Waals surface area contributed by atoms with E-state index < -0.39 is 0 Å². The molecule has 1 saturated heterocycles. The number of carbonyl (C=O) groups is 1. The second kappa shape index (κ2) is 9.09. The van der Waals surface area contributed by atoms with E-state index in [4.69, 9.17) is 9.47 Å². The first-order valence-corrected chi connectivity index (χ1v) is 9.45. The number of rotatable bonds is 7. The highest BCUT2D eigenvalue weighted by Crippen LogP contribution is 2.07. The van der Waals surface area contributed by atoms with Crippen molar-refractivity contribution in [2.24, 2.45) is 0 Å². The minimum Gasteiger partial charge on any atom is -0.376 e. The lowest BCUT2D eigenvalue weighted by Gasteiger charge is -2.27. The summed E-state index contributed by atoms with van der Waals surface area (Å²) in [6.07, 6.45) is 0.0441. The monoisotopic (exact) mass is 377 g/mol. The molecule has 3 rings (SSSR count). The van der Waals surface area contributed by atoms with Crippen LogP contribution in [0, 0.1) is 0 Å². The molecule has 0 saturated carbocycles. The molecule has 0 radical (unpaired) electrons. The maximum absolute atomic E-state index is 12.2. The zero-order chi connectivity index (χ0) is 18.4. The van der Waals surface area contributed by atoms with Gasteiger partial charge in [-0.2, -0.15) is 11.3 Å². The molecule has 1 atom stereocenters. The molecule has 1 amide bonds. The summed E-state index contributed by atoms with van der Waals surface area (Å²) in [4.78, 5) is 29.3. The summed E-state index contributed by atoms with van der Waals surface area (Å²) in [5.41, 5.74) is 1.52. The van der Waals surface area contributed by atoms with E-state index in [2.05, 4.69) is 15.2 Å². The third kappa shape index (κ3) is 5.25. The molecule has 8 heteroatoms. The highest BCUT2D eigenvalue weighted by molar-refractivity contribution is 7.07. The molecule has 140 valence electrons. The highest BCUT2D eigenvalue weighted by Gasteiger charge is 2.17. The normalized spacial score (nSPS) is 17.4. The van der Waals surface area contributed by atoms with Crippen molar-refractivity contribution >= 4 is 17.2 Å². The minimum atomic E-state index is -0.379. The molecule has 2 aromatic rings. The number of nitrogens with one attached hydrogen (secondary N) is 2. The van der Waals surface area contributed by atoms with Crippen LogP contribution in [0.1, 0.15) is 21.6 Å². The summed E-state index contributed by atoms with van der Waals surface area (Å²) < 4.78 is 11.0. The molecule has 3 heterocycles. The van der Waals surface area contributed by atoms with Gasteiger partial charge < -0.3 is 19.8 Å². The van der Waals surface area contributed by atoms with E-state index in [9.17, 15) is 9.59 Å². The zero-order valence-electron chi connectivity index (χ0n) is 14.7. The third-order valence-corrected chi connectivity index (χ3v) is 4.82. The second-order valence-corrected chi connectivity index (χ2v) is 7.09. The van der Waals surface area contributed by atoms with Crippen LogP contribution in [0.3, 0.4) is 0 Å². The van der Waals surface area contributed by atoms with Crippen molar-refractivity contribution in [3.05, 3.63) is 56.1 Å². The van der Waals surface area contributed by atoms with Crippen molar-refractivity contribution in [1.29, 1.82) is 0 Å². The molecule has 0 bridgehead atoms. The van der Waals surface area contributed by atoms with Crippen molar-refractivity contribution in [2.45, 2.75) is 19.2 Å². The maximum atomic E-state index is 12.2. The molecule has 1 aliphatic heterocycles. The summed E-state index contributed by atoms with van der Waals surface area (Å²) in [7, 11) is 1.96. The fraction of sp³-hybridized carbons (Fsp3) is 0.444. The van der Waals surface area contributed by atoms with Crippen molar-refractivity contribution in [2.75, 3.05) is 33.4 Å². The minimum absolute atomic E-state index is 0.0441. The number of nitrogens with zero attached hydrogens (tertiary/aromatic N) is 1. The van der Waals surface area contributed by atoms with Crippen molar-refractivity contribution < 1.29 is 14.3 Å². The van der Waals surface area contributed by atoms with E-state index >= 15 is 0 Å². The lowest BCUT2D eigenvalue weighted by Crippen LogP contribution is -2.38. The topological polar surface area (TPSA) is 83.7 Å². The number of hydrogen-bond donors (Lipinski definition) is 2. The van der Waals surface area contributed by atoms with Crippen LogP contribution >= 0.6 is 11.3 Å². The first-order chi connectivity index (χ1) is 12.6. The Hall–Kier alpha value is -2.00. The predicted octanol–water partition coefficient (Wildman–Crippen LogP) is 1.21. The van der Waals surface area contributed by atoms with Crippen molar-refractivity contribution in [1.82, 2.24) is 15.2 Å². The van der Waals surface area contributed by atoms with Crippen molar-refractivity contribution in [3.63, 3.8) is 0 Å². The average molecular weight is 377 g/mol. The number of hydrogen-bond acceptors (Lipinski definition) is 6. The van der Waals surface area contributed by atoms with E-state index in [1.807, 2.05) is 23.9 Å². The van der Waals surface area contributed by atoms with Gasteiger partial charge in [-0.15, -0.1) is 0 Å². The molecule has 2 aromatic heterocycles. The number of carbonyl (C=O) groups excluding carboxylic acids is 1. The van der Waals surface area contributed by atoms with Crippen LogP contribution in [0.25, 0.3) is 0 Å². The standard InChI is InChI=1S/C18H23N3O4S/c1-21(10-15-11-24-5-6-25-15)9-14-2-3-16(18(23)20-14)17(22)19-8-13-4-7-26-12-13/h2-4,7,12,15H,5-6,8-11H2,1H3,(H,19,22)(H,20,23). The van der Waals surface area contributed by atoms with Crippen LogP contribution in [0.4, 0.5) is 0 Å². The Morgan fingerprint density at radius 1 is 1.38 bits per heavy atom. The van der Waals surface area contributed by atoms with Crippen LogP contribution in [0.15, 0.2) is 33.8 Å². The maximum Gasteiger partial charge on any atom is 0.261 e. The number of amides is 1. The molecule has 26 heavy (non-hydrogen) atoms. The fourth-order valence-corrected chi connectivity index (χ4v) is 3.47. The largest absolute Gasteiger partial charge is 0.376 e. The first-order valence-electron chi connectivity index (χ1n) is 8.51. The number of thiophene rings is 1. The Balaban J connectivity index is 1.54. The second-order valence-electron chi connectivity index (χ2n) is 6.31. The molecule has 7 nitrogen and oxygen atoms in total. The van der Waals surface area contributed by atoms with E-state index in [-0.39, 0.29) is 23.1 Å². The molecule has 1 aliphatic rings. The van der Waals surface area contributed by atoms with E-state index in [0.717, 1.165) is 11.3 Å². The number of H-pyrrole nitrogens is 1. The lowest BCUT2D eigenvalue weighted by atomic mass is 10.2. The van der Waals surface area contributed by atoms with Crippen LogP contribution in [0.5, 0.6) is 0 Å². The van der Waals surface area contributed by atoms with Gasteiger partial charge in [0.2, 0.25) is 0 Å². The molecule has 0 aromatic carbocycles. The summed E-state index contributed by atoms with van der Waals surface area (Å²) in [6.45, 7) is 3.53. The first kappa shape index (κ1) is 18.8. The van der Waals surface area contributed by atoms with Gasteiger partial charge in [-0.05, 0) is 41.6 Å². The van der Waals surface area contributed by atoms with Gasteiger partial charge in [0.15, 0.2) is 0 Å². The molecule has 1 unspecified atom stereocenters. The Bertz CT molecular complexity index is 769. The summed E-state index contributed by atoms with van der Waals surface area (Å²) in [5.74, 6) is -0.370. The van der Waals surface area contributed by atoms with Gasteiger partial charge in [0.05, 0.1) is 25.9 Å². The Labute approximate surface area is 155 Å². The van der Waals surface area contributed by atoms with Gasteiger partial charge in [0.25, 0.3) is 11.5 Å². The summed E-state index contributed by atoms with van der Waals surface area (Å²) in [5, 5.41) is 6.67. The highest BCUT2D eigenvalue weighted by atomic mass is 32.1. The Morgan fingerprint density at radius 3 is 2.96 bits per heavy atom. The van der Waals surface area contributed by atoms with Gasteiger partial charge >= 0.3 is 0 Å². The third-order valence-electron chi connectivity index (χ3n) is 4.09. The quantitative estimate of drug-likeness (QED) is 0.758. The number of aromatic nitrogens is 1. The molecule has 2 N–H and O–H groups in total. The SMILES string of the molecule is CN(Cc1ccc(C(=O)NCc2ccsc2)c(=O)[nH]1)CC1COCCO1. The zero-order valence-corrected chi connectivity index (χ0v) is 15.5. The number of aromatic amines is 1. The van der Waals surface area contributed by atoms with Gasteiger partial charge in [0, 0.05) is 25.3 Å². The van der Waals surface area contributed by atoms with E-state index in [0.29, 0.717) is 39.5 Å². The van der Waals surface area contributed by atoms with Gasteiger partial charge in [-0.25, -0.2) is 0 Å². The van der Waals surface area contributed by atoms with Crippen molar-refractivity contribution in [3.8, 4) is 0 Å². The van der Waals surface area contributed by atoms with Gasteiger partial charge in [0.1, 0.15) is 5.56 Å². The van der Waals surface area contributed by atoms with Gasteiger partial charge in [-0.1, -0.05) is 0 Å². The van der Waals surface area contributed by atoms with Gasteiger partial charge in [-0.3, -0.25) is 14.5 Å². The average Bonchev–Trinajstić information content (AvgIpc) is 3.14. The molecular weight excluding hydrogens is 354 g/mol. The number of ether oxygens (including phenoxy) is 2. The van der Waals surface area contributed by atoms with Crippen LogP contribution in [0.2, 0.25) is 0 Å². The lowest BCUT2D eigenvalue weighted by molar-refractivity contribution is -0.0963. The Kier molecular flexibility index (Phi) is 6.56.